The lowest BCUT2D eigenvalue weighted by atomic mass is 9.90. The fraction of sp³-hybridized carbons (Fsp3) is 0.500. The molecule has 0 aliphatic rings. The van der Waals surface area contributed by atoms with Gasteiger partial charge in [0.15, 0.2) is 0 Å². The molecular formula is C16H19F3S. The van der Waals surface area contributed by atoms with Crippen LogP contribution in [0.1, 0.15) is 56.6 Å². The molecule has 0 amide bonds. The molecule has 0 nitrogen and oxygen atoms in total. The number of benzene rings is 1. The van der Waals surface area contributed by atoms with Gasteiger partial charge < -0.3 is 0 Å². The Balaban J connectivity index is 2.51. The van der Waals surface area contributed by atoms with Crippen molar-refractivity contribution in [2.24, 2.45) is 0 Å². The number of alkyl halides is 3. The zero-order valence-corrected chi connectivity index (χ0v) is 12.6. The highest BCUT2D eigenvalue weighted by Gasteiger charge is 2.33. The summed E-state index contributed by atoms with van der Waals surface area (Å²) in [6.45, 7) is 4.25. The van der Waals surface area contributed by atoms with Crippen LogP contribution in [0.3, 0.4) is 0 Å². The van der Waals surface area contributed by atoms with E-state index in [2.05, 4.69) is 13.8 Å². The van der Waals surface area contributed by atoms with Crippen LogP contribution < -0.4 is 0 Å². The van der Waals surface area contributed by atoms with Crippen LogP contribution >= 0.6 is 11.3 Å². The molecule has 2 rings (SSSR count). The van der Waals surface area contributed by atoms with Crippen LogP contribution in [0, 0.1) is 0 Å². The van der Waals surface area contributed by atoms with Gasteiger partial charge in [-0.3, -0.25) is 0 Å². The van der Waals surface area contributed by atoms with E-state index < -0.39 is 11.7 Å². The summed E-state index contributed by atoms with van der Waals surface area (Å²) in [5.74, 6) is 0.377. The Morgan fingerprint density at radius 1 is 1.10 bits per heavy atom. The second-order valence-electron chi connectivity index (χ2n) is 5.15. The highest BCUT2D eigenvalue weighted by atomic mass is 32.1. The van der Waals surface area contributed by atoms with Gasteiger partial charge in [0.1, 0.15) is 0 Å². The maximum absolute atomic E-state index is 13.0. The molecule has 0 unspecified atom stereocenters. The highest BCUT2D eigenvalue weighted by Crippen LogP contribution is 2.42. The van der Waals surface area contributed by atoms with Crippen LogP contribution in [-0.4, -0.2) is 0 Å². The molecule has 1 aromatic heterocycles. The number of hydrogen-bond donors (Lipinski definition) is 0. The van der Waals surface area contributed by atoms with Crippen LogP contribution in [0.25, 0.3) is 10.1 Å². The van der Waals surface area contributed by atoms with E-state index in [-0.39, 0.29) is 0 Å². The molecule has 0 aliphatic heterocycles. The Hall–Kier alpha value is -1.03. The predicted octanol–water partition coefficient (Wildman–Crippen LogP) is 6.60. The summed E-state index contributed by atoms with van der Waals surface area (Å²) in [6.07, 6.45) is -0.0829. The van der Waals surface area contributed by atoms with Crippen molar-refractivity contribution in [3.05, 3.63) is 34.7 Å². The number of fused-ring (bicyclic) bond motifs is 1. The van der Waals surface area contributed by atoms with Gasteiger partial charge in [-0.15, -0.1) is 11.3 Å². The molecule has 1 aromatic carbocycles. The summed E-state index contributed by atoms with van der Waals surface area (Å²) >= 11 is 1.23. The third-order valence-corrected chi connectivity index (χ3v) is 4.70. The lowest BCUT2D eigenvalue weighted by Gasteiger charge is -2.15. The lowest BCUT2D eigenvalue weighted by Crippen LogP contribution is -2.04. The quantitative estimate of drug-likeness (QED) is 0.583. The topological polar surface area (TPSA) is 0 Å². The van der Waals surface area contributed by atoms with Gasteiger partial charge in [0, 0.05) is 4.70 Å². The van der Waals surface area contributed by atoms with Crippen LogP contribution in [0.4, 0.5) is 13.2 Å². The van der Waals surface area contributed by atoms with E-state index in [0.29, 0.717) is 10.6 Å². The van der Waals surface area contributed by atoms with Crippen LogP contribution in [0.5, 0.6) is 0 Å². The van der Waals surface area contributed by atoms with Crippen molar-refractivity contribution < 1.29 is 13.2 Å². The molecule has 0 radical (unpaired) electrons. The van der Waals surface area contributed by atoms with E-state index in [9.17, 15) is 13.2 Å². The Morgan fingerprint density at radius 3 is 2.30 bits per heavy atom. The molecule has 0 atom stereocenters. The van der Waals surface area contributed by atoms with E-state index in [4.69, 9.17) is 0 Å². The Kier molecular flexibility index (Phi) is 4.74. The SMILES string of the molecule is CCCC(CCC)c1csc2c(C(F)(F)F)cccc12. The third kappa shape index (κ3) is 3.00. The summed E-state index contributed by atoms with van der Waals surface area (Å²) in [4.78, 5) is 0. The normalized spacial score (nSPS) is 12.5. The number of rotatable bonds is 5. The Labute approximate surface area is 121 Å². The predicted molar refractivity (Wildman–Crippen MR) is 79.4 cm³/mol. The van der Waals surface area contributed by atoms with Crippen molar-refractivity contribution in [2.45, 2.75) is 51.6 Å². The molecule has 0 saturated carbocycles. The van der Waals surface area contributed by atoms with Gasteiger partial charge >= 0.3 is 6.18 Å². The van der Waals surface area contributed by atoms with Crippen molar-refractivity contribution in [2.75, 3.05) is 0 Å². The van der Waals surface area contributed by atoms with Crippen molar-refractivity contribution >= 4 is 21.4 Å². The van der Waals surface area contributed by atoms with Crippen LogP contribution in [0.2, 0.25) is 0 Å². The second kappa shape index (κ2) is 6.17. The van der Waals surface area contributed by atoms with E-state index in [0.717, 1.165) is 36.6 Å². The molecule has 20 heavy (non-hydrogen) atoms. The van der Waals surface area contributed by atoms with Gasteiger partial charge in [0.25, 0.3) is 0 Å². The largest absolute Gasteiger partial charge is 0.417 e. The molecule has 110 valence electrons. The maximum Gasteiger partial charge on any atom is 0.417 e. The summed E-state index contributed by atoms with van der Waals surface area (Å²) in [5.41, 5.74) is 0.595. The standard InChI is InChI=1S/C16H19F3S/c1-3-6-11(7-4-2)13-10-20-15-12(13)8-5-9-14(15)16(17,18)19/h5,8-11H,3-4,6-7H2,1-2H3. The monoisotopic (exact) mass is 300 g/mol. The lowest BCUT2D eigenvalue weighted by molar-refractivity contribution is -0.136. The van der Waals surface area contributed by atoms with Crippen molar-refractivity contribution in [1.82, 2.24) is 0 Å². The van der Waals surface area contributed by atoms with Crippen molar-refractivity contribution in [3.8, 4) is 0 Å². The van der Waals surface area contributed by atoms with Gasteiger partial charge in [0.05, 0.1) is 5.56 Å². The Bertz CT molecular complexity index is 563. The molecule has 0 fully saturated rings. The minimum atomic E-state index is -4.27. The molecule has 0 saturated heterocycles. The van der Waals surface area contributed by atoms with Crippen molar-refractivity contribution in [1.29, 1.82) is 0 Å². The molecule has 0 bridgehead atoms. The molecule has 0 N–H and O–H groups in total. The fourth-order valence-electron chi connectivity index (χ4n) is 2.77. The average Bonchev–Trinajstić information content (AvgIpc) is 2.80. The first-order valence-corrected chi connectivity index (χ1v) is 7.94. The van der Waals surface area contributed by atoms with E-state index >= 15 is 0 Å². The van der Waals surface area contributed by atoms with Gasteiger partial charge in [0.2, 0.25) is 0 Å². The molecular weight excluding hydrogens is 281 g/mol. The summed E-state index contributed by atoms with van der Waals surface area (Å²) < 4.78 is 39.5. The van der Waals surface area contributed by atoms with Gasteiger partial charge in [-0.2, -0.15) is 13.2 Å². The zero-order chi connectivity index (χ0) is 14.8. The van der Waals surface area contributed by atoms with Crippen LogP contribution in [-0.2, 0) is 6.18 Å². The summed E-state index contributed by atoms with van der Waals surface area (Å²) in [5, 5.41) is 2.72. The van der Waals surface area contributed by atoms with E-state index in [1.54, 1.807) is 0 Å². The molecule has 0 spiro atoms. The summed E-state index contributed by atoms with van der Waals surface area (Å²) in [6, 6.07) is 4.53. The van der Waals surface area contributed by atoms with Crippen LogP contribution in [0.15, 0.2) is 23.6 Å². The Morgan fingerprint density at radius 2 is 1.75 bits per heavy atom. The maximum atomic E-state index is 13.0. The van der Waals surface area contributed by atoms with E-state index in [1.165, 1.54) is 23.5 Å². The van der Waals surface area contributed by atoms with E-state index in [1.807, 2.05) is 11.4 Å². The number of thiophene rings is 1. The third-order valence-electron chi connectivity index (χ3n) is 3.65. The summed E-state index contributed by atoms with van der Waals surface area (Å²) in [7, 11) is 0. The zero-order valence-electron chi connectivity index (χ0n) is 11.8. The second-order valence-corrected chi connectivity index (χ2v) is 6.02. The molecule has 0 aliphatic carbocycles. The fourth-order valence-corrected chi connectivity index (χ4v) is 3.96. The molecule has 1 heterocycles. The first kappa shape index (κ1) is 15.4. The number of halogens is 3. The van der Waals surface area contributed by atoms with Gasteiger partial charge in [-0.1, -0.05) is 38.8 Å². The minimum Gasteiger partial charge on any atom is -0.166 e. The van der Waals surface area contributed by atoms with Crippen molar-refractivity contribution in [3.63, 3.8) is 0 Å². The van der Waals surface area contributed by atoms with Gasteiger partial charge in [-0.05, 0) is 41.2 Å². The van der Waals surface area contributed by atoms with Gasteiger partial charge in [-0.25, -0.2) is 0 Å². The first-order valence-electron chi connectivity index (χ1n) is 7.06. The highest BCUT2D eigenvalue weighted by molar-refractivity contribution is 7.17. The minimum absolute atomic E-state index is 0.377. The molecule has 4 heteroatoms. The smallest absolute Gasteiger partial charge is 0.166 e. The number of hydrogen-bond acceptors (Lipinski definition) is 1. The molecule has 2 aromatic rings. The first-order chi connectivity index (χ1) is 9.49. The average molecular weight is 300 g/mol.